The van der Waals surface area contributed by atoms with Crippen molar-refractivity contribution in [1.29, 1.82) is 0 Å². The number of piperidine rings is 1. The van der Waals surface area contributed by atoms with Gasteiger partial charge in [-0.3, -0.25) is 9.78 Å². The number of aromatic carboxylic acids is 1. The first kappa shape index (κ1) is 14.0. The number of nitrogens with one attached hydrogen (secondary N) is 1. The van der Waals surface area contributed by atoms with E-state index in [1.165, 1.54) is 31.2 Å². The lowest BCUT2D eigenvalue weighted by Gasteiger charge is -2.32. The van der Waals surface area contributed by atoms with Gasteiger partial charge in [0.2, 0.25) is 0 Å². The van der Waals surface area contributed by atoms with Gasteiger partial charge in [-0.1, -0.05) is 0 Å². The highest BCUT2D eigenvalue weighted by molar-refractivity contribution is 6.03. The molecule has 0 bridgehead atoms. The molecule has 2 fully saturated rings. The zero-order valence-electron chi connectivity index (χ0n) is 11.8. The van der Waals surface area contributed by atoms with Crippen LogP contribution in [0.25, 0.3) is 0 Å². The van der Waals surface area contributed by atoms with Crippen molar-refractivity contribution >= 4 is 11.9 Å². The number of hydrogen-bond donors (Lipinski definition) is 2. The molecule has 1 aliphatic carbocycles. The van der Waals surface area contributed by atoms with Crippen molar-refractivity contribution in [1.82, 2.24) is 15.2 Å². The fourth-order valence-electron chi connectivity index (χ4n) is 2.86. The standard InChI is InChI=1S/C15H19N3O3/c19-14(13-12(15(20)21)2-1-7-16-13)17-10-5-8-18(9-6-10)11-3-4-11/h1-2,7,10-11H,3-6,8-9H2,(H,17,19)(H,20,21). The Labute approximate surface area is 123 Å². The van der Waals surface area contributed by atoms with Crippen LogP contribution in [0, 0.1) is 0 Å². The minimum atomic E-state index is -1.13. The summed E-state index contributed by atoms with van der Waals surface area (Å²) in [5.74, 6) is -1.52. The van der Waals surface area contributed by atoms with Crippen LogP contribution < -0.4 is 5.32 Å². The Morgan fingerprint density at radius 1 is 1.24 bits per heavy atom. The lowest BCUT2D eigenvalue weighted by Crippen LogP contribution is -2.45. The van der Waals surface area contributed by atoms with Crippen molar-refractivity contribution < 1.29 is 14.7 Å². The van der Waals surface area contributed by atoms with Crippen LogP contribution in [-0.4, -0.2) is 52.0 Å². The topological polar surface area (TPSA) is 82.5 Å². The van der Waals surface area contributed by atoms with E-state index in [9.17, 15) is 9.59 Å². The van der Waals surface area contributed by atoms with Crippen molar-refractivity contribution in [2.45, 2.75) is 37.8 Å². The number of likely N-dealkylation sites (tertiary alicyclic amines) is 1. The molecule has 0 unspecified atom stereocenters. The van der Waals surface area contributed by atoms with Gasteiger partial charge in [0.15, 0.2) is 0 Å². The van der Waals surface area contributed by atoms with E-state index in [2.05, 4.69) is 15.2 Å². The van der Waals surface area contributed by atoms with Gasteiger partial charge < -0.3 is 15.3 Å². The summed E-state index contributed by atoms with van der Waals surface area (Å²) < 4.78 is 0. The molecule has 2 aliphatic rings. The lowest BCUT2D eigenvalue weighted by atomic mass is 10.0. The Balaban J connectivity index is 1.60. The molecule has 21 heavy (non-hydrogen) atoms. The molecule has 112 valence electrons. The van der Waals surface area contributed by atoms with Gasteiger partial charge in [-0.2, -0.15) is 0 Å². The van der Waals surface area contributed by atoms with E-state index in [0.29, 0.717) is 0 Å². The molecule has 6 nitrogen and oxygen atoms in total. The van der Waals surface area contributed by atoms with Crippen molar-refractivity contribution in [3.05, 3.63) is 29.6 Å². The molecule has 6 heteroatoms. The van der Waals surface area contributed by atoms with Crippen LogP contribution in [0.15, 0.2) is 18.3 Å². The second-order valence-corrected chi connectivity index (χ2v) is 5.72. The van der Waals surface area contributed by atoms with Crippen LogP contribution in [-0.2, 0) is 0 Å². The van der Waals surface area contributed by atoms with Gasteiger partial charge in [0.25, 0.3) is 5.91 Å². The Morgan fingerprint density at radius 3 is 2.57 bits per heavy atom. The first-order valence-corrected chi connectivity index (χ1v) is 7.38. The molecule has 1 aromatic heterocycles. The highest BCUT2D eigenvalue weighted by atomic mass is 16.4. The monoisotopic (exact) mass is 289 g/mol. The number of rotatable bonds is 4. The van der Waals surface area contributed by atoms with E-state index < -0.39 is 11.9 Å². The van der Waals surface area contributed by atoms with E-state index in [1.807, 2.05) is 0 Å². The first-order valence-electron chi connectivity index (χ1n) is 7.38. The van der Waals surface area contributed by atoms with Gasteiger partial charge >= 0.3 is 5.97 Å². The second-order valence-electron chi connectivity index (χ2n) is 5.72. The molecule has 3 rings (SSSR count). The van der Waals surface area contributed by atoms with Crippen molar-refractivity contribution in [2.75, 3.05) is 13.1 Å². The molecular formula is C15H19N3O3. The van der Waals surface area contributed by atoms with Crippen LogP contribution in [0.2, 0.25) is 0 Å². The van der Waals surface area contributed by atoms with E-state index in [-0.39, 0.29) is 17.3 Å². The molecule has 0 radical (unpaired) electrons. The van der Waals surface area contributed by atoms with Gasteiger partial charge in [0.1, 0.15) is 5.69 Å². The summed E-state index contributed by atoms with van der Waals surface area (Å²) in [7, 11) is 0. The number of aromatic nitrogens is 1. The van der Waals surface area contributed by atoms with Gasteiger partial charge in [0.05, 0.1) is 5.56 Å². The van der Waals surface area contributed by atoms with E-state index in [4.69, 9.17) is 5.11 Å². The summed E-state index contributed by atoms with van der Waals surface area (Å²) in [5, 5.41) is 12.0. The predicted octanol–water partition coefficient (Wildman–Crippen LogP) is 1.14. The van der Waals surface area contributed by atoms with Crippen LogP contribution in [0.5, 0.6) is 0 Å². The smallest absolute Gasteiger partial charge is 0.338 e. The average molecular weight is 289 g/mol. The summed E-state index contributed by atoms with van der Waals surface area (Å²) in [6, 6.07) is 3.79. The molecule has 1 saturated carbocycles. The molecule has 2 heterocycles. The zero-order chi connectivity index (χ0) is 14.8. The molecule has 2 N–H and O–H groups in total. The summed E-state index contributed by atoms with van der Waals surface area (Å²) >= 11 is 0. The van der Waals surface area contributed by atoms with E-state index >= 15 is 0 Å². The van der Waals surface area contributed by atoms with Gasteiger partial charge in [-0.25, -0.2) is 4.79 Å². The molecule has 1 amide bonds. The Hall–Kier alpha value is -1.95. The van der Waals surface area contributed by atoms with Crippen LogP contribution in [0.4, 0.5) is 0 Å². The summed E-state index contributed by atoms with van der Waals surface area (Å²) in [5.41, 5.74) is -0.0555. The fourth-order valence-corrected chi connectivity index (χ4v) is 2.86. The third kappa shape index (κ3) is 3.21. The lowest BCUT2D eigenvalue weighted by molar-refractivity contribution is 0.0688. The predicted molar refractivity (Wildman–Crippen MR) is 76.3 cm³/mol. The molecule has 1 aliphatic heterocycles. The third-order valence-corrected chi connectivity index (χ3v) is 4.18. The van der Waals surface area contributed by atoms with Crippen LogP contribution >= 0.6 is 0 Å². The molecule has 0 atom stereocenters. The molecule has 1 saturated heterocycles. The highest BCUT2D eigenvalue weighted by Gasteiger charge is 2.32. The highest BCUT2D eigenvalue weighted by Crippen LogP contribution is 2.29. The minimum Gasteiger partial charge on any atom is -0.478 e. The molecule has 0 aromatic carbocycles. The maximum Gasteiger partial charge on any atom is 0.338 e. The number of carbonyl (C=O) groups is 2. The van der Waals surface area contributed by atoms with Gasteiger partial charge in [0, 0.05) is 31.4 Å². The average Bonchev–Trinajstić information content (AvgIpc) is 3.32. The maximum atomic E-state index is 12.2. The number of carboxylic acid groups (broad SMARTS) is 1. The fraction of sp³-hybridized carbons (Fsp3) is 0.533. The molecule has 0 spiro atoms. The van der Waals surface area contributed by atoms with Crippen molar-refractivity contribution in [3.63, 3.8) is 0 Å². The number of pyridine rings is 1. The van der Waals surface area contributed by atoms with E-state index in [1.54, 1.807) is 0 Å². The second kappa shape index (κ2) is 5.81. The summed E-state index contributed by atoms with van der Waals surface area (Å²) in [4.78, 5) is 29.7. The molecular weight excluding hydrogens is 270 g/mol. The SMILES string of the molecule is O=C(O)c1cccnc1C(=O)NC1CCN(C2CC2)CC1. The number of amides is 1. The quantitative estimate of drug-likeness (QED) is 0.868. The Bertz CT molecular complexity index is 549. The minimum absolute atomic E-state index is 0.00498. The Morgan fingerprint density at radius 2 is 1.95 bits per heavy atom. The largest absolute Gasteiger partial charge is 0.478 e. The number of nitrogens with zero attached hydrogens (tertiary/aromatic N) is 2. The summed E-state index contributed by atoms with van der Waals surface area (Å²) in [6.07, 6.45) is 5.87. The maximum absolute atomic E-state index is 12.2. The third-order valence-electron chi connectivity index (χ3n) is 4.18. The van der Waals surface area contributed by atoms with Crippen LogP contribution in [0.3, 0.4) is 0 Å². The van der Waals surface area contributed by atoms with Gasteiger partial charge in [-0.05, 0) is 37.8 Å². The Kier molecular flexibility index (Phi) is 3.88. The number of carbonyl (C=O) groups excluding carboxylic acids is 1. The van der Waals surface area contributed by atoms with Crippen LogP contribution in [0.1, 0.15) is 46.5 Å². The normalized spacial score (nSPS) is 20.2. The van der Waals surface area contributed by atoms with Gasteiger partial charge in [-0.15, -0.1) is 0 Å². The number of carboxylic acids is 1. The van der Waals surface area contributed by atoms with E-state index in [0.717, 1.165) is 32.0 Å². The van der Waals surface area contributed by atoms with Crippen molar-refractivity contribution in [3.8, 4) is 0 Å². The van der Waals surface area contributed by atoms with Crippen molar-refractivity contribution in [2.24, 2.45) is 0 Å². The zero-order valence-corrected chi connectivity index (χ0v) is 11.8. The first-order chi connectivity index (χ1) is 10.1. The number of hydrogen-bond acceptors (Lipinski definition) is 4. The molecule has 1 aromatic rings. The summed E-state index contributed by atoms with van der Waals surface area (Å²) in [6.45, 7) is 2.01.